The SMILES string of the molecule is C=CC(=O)OCCCCCCOc1ccc(C(=O)OC2CCC(OC)CC2)cc1. The first-order valence-electron chi connectivity index (χ1n) is 10.4. The van der Waals surface area contributed by atoms with Gasteiger partial charge in [-0.1, -0.05) is 6.58 Å². The summed E-state index contributed by atoms with van der Waals surface area (Å²) >= 11 is 0. The number of hydrogen-bond donors (Lipinski definition) is 0. The van der Waals surface area contributed by atoms with E-state index in [1.807, 2.05) is 0 Å². The van der Waals surface area contributed by atoms with Crippen molar-refractivity contribution >= 4 is 11.9 Å². The Morgan fingerprint density at radius 1 is 0.966 bits per heavy atom. The van der Waals surface area contributed by atoms with E-state index in [2.05, 4.69) is 6.58 Å². The Morgan fingerprint density at radius 3 is 2.21 bits per heavy atom. The van der Waals surface area contributed by atoms with Crippen molar-refractivity contribution in [2.75, 3.05) is 20.3 Å². The molecule has 0 aromatic heterocycles. The fourth-order valence-corrected chi connectivity index (χ4v) is 3.27. The second-order valence-electron chi connectivity index (χ2n) is 7.20. The molecule has 1 aliphatic carbocycles. The predicted molar refractivity (Wildman–Crippen MR) is 110 cm³/mol. The molecule has 0 spiro atoms. The number of carbonyl (C=O) groups is 2. The van der Waals surface area contributed by atoms with Crippen LogP contribution in [0.3, 0.4) is 0 Å². The maximum absolute atomic E-state index is 12.3. The highest BCUT2D eigenvalue weighted by atomic mass is 16.5. The summed E-state index contributed by atoms with van der Waals surface area (Å²) in [5.74, 6) is 0.0794. The van der Waals surface area contributed by atoms with Crippen LogP contribution in [0.25, 0.3) is 0 Å². The van der Waals surface area contributed by atoms with E-state index in [1.54, 1.807) is 31.4 Å². The molecule has 0 radical (unpaired) electrons. The number of hydrogen-bond acceptors (Lipinski definition) is 6. The Balaban J connectivity index is 1.59. The molecule has 1 aromatic carbocycles. The molecular weight excluding hydrogens is 372 g/mol. The summed E-state index contributed by atoms with van der Waals surface area (Å²) in [6, 6.07) is 7.08. The Kier molecular flexibility index (Phi) is 10.3. The summed E-state index contributed by atoms with van der Waals surface area (Å²) in [6.07, 6.45) is 8.73. The van der Waals surface area contributed by atoms with Gasteiger partial charge in [0.05, 0.1) is 24.9 Å². The molecule has 0 amide bonds. The van der Waals surface area contributed by atoms with Crippen molar-refractivity contribution in [3.8, 4) is 5.75 Å². The summed E-state index contributed by atoms with van der Waals surface area (Å²) in [5.41, 5.74) is 0.542. The lowest BCUT2D eigenvalue weighted by atomic mass is 9.95. The van der Waals surface area contributed by atoms with Gasteiger partial charge in [-0.3, -0.25) is 0 Å². The lowest BCUT2D eigenvalue weighted by Gasteiger charge is -2.27. The summed E-state index contributed by atoms with van der Waals surface area (Å²) in [4.78, 5) is 23.2. The molecule has 1 fully saturated rings. The molecule has 0 heterocycles. The molecule has 1 aromatic rings. The zero-order chi connectivity index (χ0) is 20.9. The number of benzene rings is 1. The molecule has 0 aliphatic heterocycles. The quantitative estimate of drug-likeness (QED) is 0.291. The van der Waals surface area contributed by atoms with Crippen molar-refractivity contribution in [1.82, 2.24) is 0 Å². The van der Waals surface area contributed by atoms with Crippen LogP contribution < -0.4 is 4.74 Å². The van der Waals surface area contributed by atoms with E-state index in [0.717, 1.165) is 57.1 Å². The Hall–Kier alpha value is -2.34. The Labute approximate surface area is 173 Å². The number of methoxy groups -OCH3 is 1. The van der Waals surface area contributed by atoms with Gasteiger partial charge in [0.15, 0.2) is 0 Å². The predicted octanol–water partition coefficient (Wildman–Crippen LogP) is 4.47. The van der Waals surface area contributed by atoms with Gasteiger partial charge in [-0.2, -0.15) is 0 Å². The van der Waals surface area contributed by atoms with Crippen molar-refractivity contribution in [1.29, 1.82) is 0 Å². The van der Waals surface area contributed by atoms with Crippen LogP contribution >= 0.6 is 0 Å². The first-order valence-corrected chi connectivity index (χ1v) is 10.4. The van der Waals surface area contributed by atoms with Gasteiger partial charge in [-0.25, -0.2) is 9.59 Å². The van der Waals surface area contributed by atoms with Crippen LogP contribution in [0.4, 0.5) is 0 Å². The second kappa shape index (κ2) is 13.0. The van der Waals surface area contributed by atoms with Crippen molar-refractivity contribution in [3.63, 3.8) is 0 Å². The highest BCUT2D eigenvalue weighted by Gasteiger charge is 2.24. The monoisotopic (exact) mass is 404 g/mol. The molecule has 1 aliphatic rings. The minimum atomic E-state index is -0.376. The maximum Gasteiger partial charge on any atom is 0.338 e. The van der Waals surface area contributed by atoms with E-state index in [4.69, 9.17) is 18.9 Å². The lowest BCUT2D eigenvalue weighted by molar-refractivity contribution is -0.137. The average molecular weight is 405 g/mol. The first kappa shape index (κ1) is 22.9. The Morgan fingerprint density at radius 2 is 1.59 bits per heavy atom. The van der Waals surface area contributed by atoms with Crippen molar-refractivity contribution in [2.45, 2.75) is 63.6 Å². The average Bonchev–Trinajstić information content (AvgIpc) is 2.76. The van der Waals surface area contributed by atoms with Gasteiger partial charge in [0.2, 0.25) is 0 Å². The van der Waals surface area contributed by atoms with Crippen molar-refractivity contribution in [2.24, 2.45) is 0 Å². The topological polar surface area (TPSA) is 71.1 Å². The second-order valence-corrected chi connectivity index (χ2v) is 7.20. The number of unbranched alkanes of at least 4 members (excludes halogenated alkanes) is 3. The molecular formula is C23H32O6. The molecule has 0 N–H and O–H groups in total. The fraction of sp³-hybridized carbons (Fsp3) is 0.565. The molecule has 2 rings (SSSR count). The molecule has 29 heavy (non-hydrogen) atoms. The van der Waals surface area contributed by atoms with E-state index >= 15 is 0 Å². The minimum Gasteiger partial charge on any atom is -0.494 e. The summed E-state index contributed by atoms with van der Waals surface area (Å²) < 4.78 is 21.6. The lowest BCUT2D eigenvalue weighted by Crippen LogP contribution is -2.27. The van der Waals surface area contributed by atoms with Gasteiger partial charge < -0.3 is 18.9 Å². The number of carbonyl (C=O) groups excluding carboxylic acids is 2. The van der Waals surface area contributed by atoms with Gasteiger partial charge in [0.25, 0.3) is 0 Å². The van der Waals surface area contributed by atoms with Crippen LogP contribution in [-0.4, -0.2) is 44.5 Å². The van der Waals surface area contributed by atoms with Crippen LogP contribution in [0.2, 0.25) is 0 Å². The number of rotatable bonds is 12. The highest BCUT2D eigenvalue weighted by Crippen LogP contribution is 2.24. The Bertz CT molecular complexity index is 631. The van der Waals surface area contributed by atoms with Crippen LogP contribution in [-0.2, 0) is 19.0 Å². The molecule has 6 nitrogen and oxygen atoms in total. The normalized spacial score (nSPS) is 18.7. The molecule has 1 saturated carbocycles. The van der Waals surface area contributed by atoms with Gasteiger partial charge >= 0.3 is 11.9 Å². The van der Waals surface area contributed by atoms with Gasteiger partial charge in [-0.05, 0) is 75.6 Å². The standard InChI is InChI=1S/C23H32O6/c1-3-22(24)28-17-7-5-4-6-16-27-20-10-8-18(9-11-20)23(25)29-21-14-12-19(26-2)13-15-21/h3,8-11,19,21H,1,4-7,12-17H2,2H3. The molecule has 160 valence electrons. The van der Waals surface area contributed by atoms with E-state index in [1.165, 1.54) is 6.08 Å². The summed E-state index contributed by atoms with van der Waals surface area (Å²) in [7, 11) is 1.73. The summed E-state index contributed by atoms with van der Waals surface area (Å²) in [5, 5.41) is 0. The molecule has 6 heteroatoms. The van der Waals surface area contributed by atoms with E-state index < -0.39 is 0 Å². The van der Waals surface area contributed by atoms with Crippen molar-refractivity contribution in [3.05, 3.63) is 42.5 Å². The maximum atomic E-state index is 12.3. The van der Waals surface area contributed by atoms with Gasteiger partial charge in [0.1, 0.15) is 11.9 Å². The van der Waals surface area contributed by atoms with E-state index in [9.17, 15) is 9.59 Å². The number of esters is 2. The van der Waals surface area contributed by atoms with Crippen LogP contribution in [0, 0.1) is 0 Å². The fourth-order valence-electron chi connectivity index (χ4n) is 3.27. The van der Waals surface area contributed by atoms with Crippen molar-refractivity contribution < 1.29 is 28.5 Å². The summed E-state index contributed by atoms with van der Waals surface area (Å²) in [6.45, 7) is 4.39. The first-order chi connectivity index (χ1) is 14.1. The highest BCUT2D eigenvalue weighted by molar-refractivity contribution is 5.89. The number of ether oxygens (including phenoxy) is 4. The largest absolute Gasteiger partial charge is 0.494 e. The third-order valence-electron chi connectivity index (χ3n) is 5.04. The van der Waals surface area contributed by atoms with E-state index in [-0.39, 0.29) is 24.1 Å². The smallest absolute Gasteiger partial charge is 0.338 e. The molecule has 0 atom stereocenters. The van der Waals surface area contributed by atoms with Gasteiger partial charge in [0, 0.05) is 13.2 Å². The van der Waals surface area contributed by atoms with Gasteiger partial charge in [-0.15, -0.1) is 0 Å². The molecule has 0 bridgehead atoms. The molecule has 0 saturated heterocycles. The van der Waals surface area contributed by atoms with Crippen LogP contribution in [0.15, 0.2) is 36.9 Å². The van der Waals surface area contributed by atoms with Crippen LogP contribution in [0.1, 0.15) is 61.7 Å². The van der Waals surface area contributed by atoms with Crippen LogP contribution in [0.5, 0.6) is 5.75 Å². The molecule has 0 unspecified atom stereocenters. The third-order valence-corrected chi connectivity index (χ3v) is 5.04. The minimum absolute atomic E-state index is 0.0230. The zero-order valence-electron chi connectivity index (χ0n) is 17.3. The van der Waals surface area contributed by atoms with E-state index in [0.29, 0.717) is 18.8 Å². The zero-order valence-corrected chi connectivity index (χ0v) is 17.3. The third kappa shape index (κ3) is 8.69.